The van der Waals surface area contributed by atoms with E-state index in [-0.39, 0.29) is 6.01 Å². The largest absolute Gasteiger partial charge is 0.390 e. The molecule has 0 bridgehead atoms. The van der Waals surface area contributed by atoms with Gasteiger partial charge in [-0.2, -0.15) is 0 Å². The third kappa shape index (κ3) is 2.40. The zero-order valence-corrected chi connectivity index (χ0v) is 9.23. The molecule has 0 aliphatic heterocycles. The third-order valence-corrected chi connectivity index (χ3v) is 3.18. The van der Waals surface area contributed by atoms with E-state index < -0.39 is 0 Å². The van der Waals surface area contributed by atoms with Crippen LogP contribution in [-0.2, 0) is 0 Å². The van der Waals surface area contributed by atoms with Gasteiger partial charge in [-0.1, -0.05) is 24.0 Å². The van der Waals surface area contributed by atoms with E-state index in [0.717, 1.165) is 12.3 Å². The standard InChI is InChI=1S/C10H18N4O/c1-6-3-4-8(7(2)5-6)12-10-14-13-9(11)15-10/h6-8H,3-5H2,1-2H3,(H2,11,13)(H,12,14). The molecular formula is C10H18N4O. The van der Waals surface area contributed by atoms with Gasteiger partial charge < -0.3 is 15.5 Å². The first kappa shape index (κ1) is 10.3. The summed E-state index contributed by atoms with van der Waals surface area (Å²) in [4.78, 5) is 0. The highest BCUT2D eigenvalue weighted by atomic mass is 16.4. The number of nitrogen functional groups attached to an aromatic ring is 1. The summed E-state index contributed by atoms with van der Waals surface area (Å²) in [6, 6.07) is 0.995. The Morgan fingerprint density at radius 2 is 2.13 bits per heavy atom. The second kappa shape index (κ2) is 4.08. The van der Waals surface area contributed by atoms with Crippen LogP contribution in [0, 0.1) is 11.8 Å². The quantitative estimate of drug-likeness (QED) is 0.779. The Balaban J connectivity index is 1.94. The van der Waals surface area contributed by atoms with Crippen molar-refractivity contribution >= 4 is 12.0 Å². The number of rotatable bonds is 2. The van der Waals surface area contributed by atoms with E-state index in [4.69, 9.17) is 10.2 Å². The molecule has 3 atom stereocenters. The second-order valence-corrected chi connectivity index (χ2v) is 4.59. The Bertz CT molecular complexity index is 325. The topological polar surface area (TPSA) is 77.0 Å². The van der Waals surface area contributed by atoms with Gasteiger partial charge >= 0.3 is 12.0 Å². The lowest BCUT2D eigenvalue weighted by atomic mass is 9.80. The van der Waals surface area contributed by atoms with Gasteiger partial charge in [0.05, 0.1) is 0 Å². The average Bonchev–Trinajstić information content (AvgIpc) is 2.56. The smallest absolute Gasteiger partial charge is 0.317 e. The Morgan fingerprint density at radius 3 is 2.73 bits per heavy atom. The first-order valence-electron chi connectivity index (χ1n) is 5.50. The molecule has 0 radical (unpaired) electrons. The maximum atomic E-state index is 5.36. The highest BCUT2D eigenvalue weighted by molar-refractivity contribution is 5.24. The van der Waals surface area contributed by atoms with Crippen molar-refractivity contribution in [2.24, 2.45) is 11.8 Å². The van der Waals surface area contributed by atoms with Crippen LogP contribution in [0.3, 0.4) is 0 Å². The fraction of sp³-hybridized carbons (Fsp3) is 0.800. The minimum absolute atomic E-state index is 0.120. The molecule has 5 heteroatoms. The average molecular weight is 210 g/mol. The molecular weight excluding hydrogens is 192 g/mol. The molecule has 5 nitrogen and oxygen atoms in total. The van der Waals surface area contributed by atoms with Crippen molar-refractivity contribution in [2.45, 2.75) is 39.2 Å². The van der Waals surface area contributed by atoms with Crippen molar-refractivity contribution in [2.75, 3.05) is 11.1 Å². The lowest BCUT2D eigenvalue weighted by Gasteiger charge is -2.32. The van der Waals surface area contributed by atoms with Crippen LogP contribution < -0.4 is 11.1 Å². The molecule has 1 heterocycles. The number of aromatic nitrogens is 2. The lowest BCUT2D eigenvalue weighted by molar-refractivity contribution is 0.273. The molecule has 2 rings (SSSR count). The summed E-state index contributed by atoms with van der Waals surface area (Å²) in [6.07, 6.45) is 3.66. The van der Waals surface area contributed by atoms with Crippen LogP contribution in [0.1, 0.15) is 33.1 Å². The molecule has 1 aliphatic carbocycles. The summed E-state index contributed by atoms with van der Waals surface area (Å²) < 4.78 is 5.11. The fourth-order valence-corrected chi connectivity index (χ4v) is 2.33. The van der Waals surface area contributed by atoms with Crippen LogP contribution in [0.4, 0.5) is 12.0 Å². The third-order valence-electron chi connectivity index (χ3n) is 3.18. The molecule has 1 fully saturated rings. The normalized spacial score (nSPS) is 31.5. The van der Waals surface area contributed by atoms with Gasteiger partial charge in [-0.3, -0.25) is 0 Å². The van der Waals surface area contributed by atoms with E-state index in [1.54, 1.807) is 0 Å². The van der Waals surface area contributed by atoms with E-state index in [9.17, 15) is 0 Å². The zero-order valence-electron chi connectivity index (χ0n) is 9.23. The Hall–Kier alpha value is -1.26. The number of hydrogen-bond donors (Lipinski definition) is 2. The summed E-state index contributed by atoms with van der Waals surface area (Å²) in [5, 5.41) is 10.7. The minimum Gasteiger partial charge on any atom is -0.390 e. The number of hydrogen-bond acceptors (Lipinski definition) is 5. The van der Waals surface area contributed by atoms with E-state index in [1.165, 1.54) is 12.8 Å². The van der Waals surface area contributed by atoms with Gasteiger partial charge in [0.15, 0.2) is 0 Å². The molecule has 1 aliphatic rings. The van der Waals surface area contributed by atoms with Crippen LogP contribution in [0.2, 0.25) is 0 Å². The van der Waals surface area contributed by atoms with Crippen LogP contribution in [0.25, 0.3) is 0 Å². The Morgan fingerprint density at radius 1 is 1.33 bits per heavy atom. The van der Waals surface area contributed by atoms with Gasteiger partial charge in [0.1, 0.15) is 0 Å². The van der Waals surface area contributed by atoms with Gasteiger partial charge in [-0.25, -0.2) is 0 Å². The maximum Gasteiger partial charge on any atom is 0.317 e. The van der Waals surface area contributed by atoms with Gasteiger partial charge in [-0.05, 0) is 31.1 Å². The maximum absolute atomic E-state index is 5.36. The molecule has 84 valence electrons. The van der Waals surface area contributed by atoms with E-state index >= 15 is 0 Å². The number of anilines is 2. The fourth-order valence-electron chi connectivity index (χ4n) is 2.33. The van der Waals surface area contributed by atoms with E-state index in [1.807, 2.05) is 0 Å². The van der Waals surface area contributed by atoms with Crippen molar-refractivity contribution in [1.82, 2.24) is 10.2 Å². The molecule has 1 aromatic rings. The summed E-state index contributed by atoms with van der Waals surface area (Å²) in [5.74, 6) is 1.47. The van der Waals surface area contributed by atoms with Crippen LogP contribution in [0.15, 0.2) is 4.42 Å². The summed E-state index contributed by atoms with van der Waals surface area (Å²) in [7, 11) is 0. The highest BCUT2D eigenvalue weighted by Crippen LogP contribution is 2.30. The first-order chi connectivity index (χ1) is 7.15. The molecule has 1 aromatic heterocycles. The summed E-state index contributed by atoms with van der Waals surface area (Å²) >= 11 is 0. The first-order valence-corrected chi connectivity index (χ1v) is 5.50. The van der Waals surface area contributed by atoms with Gasteiger partial charge in [0.25, 0.3) is 0 Å². The number of nitrogens with zero attached hydrogens (tertiary/aromatic N) is 2. The van der Waals surface area contributed by atoms with Crippen molar-refractivity contribution in [3.8, 4) is 0 Å². The Labute approximate surface area is 89.4 Å². The van der Waals surface area contributed by atoms with Gasteiger partial charge in [-0.15, -0.1) is 0 Å². The molecule has 0 aromatic carbocycles. The van der Waals surface area contributed by atoms with Crippen LogP contribution >= 0.6 is 0 Å². The minimum atomic E-state index is 0.120. The second-order valence-electron chi connectivity index (χ2n) is 4.59. The Kier molecular flexibility index (Phi) is 2.79. The molecule has 15 heavy (non-hydrogen) atoms. The van der Waals surface area contributed by atoms with Crippen molar-refractivity contribution in [3.05, 3.63) is 0 Å². The molecule has 0 spiro atoms. The van der Waals surface area contributed by atoms with Crippen molar-refractivity contribution in [1.29, 1.82) is 0 Å². The van der Waals surface area contributed by atoms with Crippen LogP contribution in [-0.4, -0.2) is 16.2 Å². The predicted molar refractivity (Wildman–Crippen MR) is 58.3 cm³/mol. The predicted octanol–water partition coefficient (Wildman–Crippen LogP) is 1.89. The number of nitrogens with two attached hydrogens (primary N) is 1. The molecule has 0 amide bonds. The van der Waals surface area contributed by atoms with E-state index in [0.29, 0.717) is 18.0 Å². The van der Waals surface area contributed by atoms with Gasteiger partial charge in [0.2, 0.25) is 0 Å². The van der Waals surface area contributed by atoms with Crippen molar-refractivity contribution < 1.29 is 4.42 Å². The molecule has 1 saturated carbocycles. The van der Waals surface area contributed by atoms with Crippen molar-refractivity contribution in [3.63, 3.8) is 0 Å². The highest BCUT2D eigenvalue weighted by Gasteiger charge is 2.26. The summed E-state index contributed by atoms with van der Waals surface area (Å²) in [5.41, 5.74) is 5.36. The summed E-state index contributed by atoms with van der Waals surface area (Å²) in [6.45, 7) is 4.56. The number of nitrogens with one attached hydrogen (secondary N) is 1. The zero-order chi connectivity index (χ0) is 10.8. The monoisotopic (exact) mass is 210 g/mol. The van der Waals surface area contributed by atoms with Gasteiger partial charge in [0, 0.05) is 6.04 Å². The molecule has 3 N–H and O–H groups in total. The lowest BCUT2D eigenvalue weighted by Crippen LogP contribution is -2.33. The van der Waals surface area contributed by atoms with Crippen LogP contribution in [0.5, 0.6) is 0 Å². The molecule has 3 unspecified atom stereocenters. The van der Waals surface area contributed by atoms with E-state index in [2.05, 4.69) is 29.4 Å². The molecule has 0 saturated heterocycles. The SMILES string of the molecule is CC1CCC(Nc2nnc(N)o2)C(C)C1.